The SMILES string of the molecule is CCOC(=O)CCN1CCCC(N(C)C)C1. The van der Waals surface area contributed by atoms with Crippen LogP contribution < -0.4 is 0 Å². The van der Waals surface area contributed by atoms with E-state index < -0.39 is 0 Å². The molecular formula is C12H24N2O2. The maximum atomic E-state index is 11.2. The van der Waals surface area contributed by atoms with E-state index in [0.717, 1.165) is 19.6 Å². The third kappa shape index (κ3) is 4.49. The van der Waals surface area contributed by atoms with Crippen molar-refractivity contribution in [1.82, 2.24) is 9.80 Å². The third-order valence-electron chi connectivity index (χ3n) is 3.15. The zero-order chi connectivity index (χ0) is 12.0. The molecule has 0 aliphatic carbocycles. The number of nitrogens with zero attached hydrogens (tertiary/aromatic N) is 2. The van der Waals surface area contributed by atoms with E-state index in [0.29, 0.717) is 19.1 Å². The summed E-state index contributed by atoms with van der Waals surface area (Å²) in [6.45, 7) is 5.36. The molecule has 4 heteroatoms. The fourth-order valence-corrected chi connectivity index (χ4v) is 2.14. The van der Waals surface area contributed by atoms with Gasteiger partial charge in [-0.3, -0.25) is 4.79 Å². The first kappa shape index (κ1) is 13.5. The van der Waals surface area contributed by atoms with E-state index in [1.807, 2.05) is 6.92 Å². The molecule has 16 heavy (non-hydrogen) atoms. The second kappa shape index (κ2) is 6.86. The summed E-state index contributed by atoms with van der Waals surface area (Å²) >= 11 is 0. The maximum absolute atomic E-state index is 11.2. The predicted molar refractivity (Wildman–Crippen MR) is 64.4 cm³/mol. The second-order valence-corrected chi connectivity index (χ2v) is 4.62. The number of likely N-dealkylation sites (tertiary alicyclic amines) is 1. The first-order chi connectivity index (χ1) is 7.63. The molecule has 1 atom stereocenters. The van der Waals surface area contributed by atoms with E-state index in [-0.39, 0.29) is 5.97 Å². The van der Waals surface area contributed by atoms with Crippen LogP contribution in [0.4, 0.5) is 0 Å². The van der Waals surface area contributed by atoms with Crippen molar-refractivity contribution in [2.75, 3.05) is 40.3 Å². The van der Waals surface area contributed by atoms with Gasteiger partial charge in [-0.25, -0.2) is 0 Å². The van der Waals surface area contributed by atoms with Gasteiger partial charge < -0.3 is 14.5 Å². The van der Waals surface area contributed by atoms with E-state index in [9.17, 15) is 4.79 Å². The number of rotatable bonds is 5. The van der Waals surface area contributed by atoms with Gasteiger partial charge >= 0.3 is 5.97 Å². The van der Waals surface area contributed by atoms with Crippen LogP contribution in [-0.2, 0) is 9.53 Å². The highest BCUT2D eigenvalue weighted by Gasteiger charge is 2.21. The summed E-state index contributed by atoms with van der Waals surface area (Å²) in [5.41, 5.74) is 0. The highest BCUT2D eigenvalue weighted by molar-refractivity contribution is 5.69. The van der Waals surface area contributed by atoms with E-state index in [2.05, 4.69) is 23.9 Å². The van der Waals surface area contributed by atoms with Crippen molar-refractivity contribution in [2.45, 2.75) is 32.2 Å². The normalized spacial score (nSPS) is 22.4. The lowest BCUT2D eigenvalue weighted by molar-refractivity contribution is -0.143. The summed E-state index contributed by atoms with van der Waals surface area (Å²) < 4.78 is 4.93. The lowest BCUT2D eigenvalue weighted by atomic mass is 10.0. The molecule has 0 saturated carbocycles. The Morgan fingerprint density at radius 3 is 2.88 bits per heavy atom. The Balaban J connectivity index is 2.24. The molecule has 1 unspecified atom stereocenters. The van der Waals surface area contributed by atoms with Gasteiger partial charge in [0.2, 0.25) is 0 Å². The fraction of sp³-hybridized carbons (Fsp3) is 0.917. The molecular weight excluding hydrogens is 204 g/mol. The number of hydrogen-bond acceptors (Lipinski definition) is 4. The molecule has 94 valence electrons. The van der Waals surface area contributed by atoms with Crippen LogP contribution in [0, 0.1) is 0 Å². The van der Waals surface area contributed by atoms with Gasteiger partial charge in [0.1, 0.15) is 0 Å². The lowest BCUT2D eigenvalue weighted by Crippen LogP contribution is -2.45. The van der Waals surface area contributed by atoms with Gasteiger partial charge in [-0.1, -0.05) is 0 Å². The highest BCUT2D eigenvalue weighted by atomic mass is 16.5. The zero-order valence-electron chi connectivity index (χ0n) is 10.7. The number of likely N-dealkylation sites (N-methyl/N-ethyl adjacent to an activating group) is 1. The Kier molecular flexibility index (Phi) is 5.77. The molecule has 4 nitrogen and oxygen atoms in total. The van der Waals surface area contributed by atoms with Crippen molar-refractivity contribution in [2.24, 2.45) is 0 Å². The number of carbonyl (C=O) groups excluding carboxylic acids is 1. The zero-order valence-corrected chi connectivity index (χ0v) is 10.7. The smallest absolute Gasteiger partial charge is 0.307 e. The Labute approximate surface area is 98.5 Å². The van der Waals surface area contributed by atoms with Crippen molar-refractivity contribution < 1.29 is 9.53 Å². The summed E-state index contributed by atoms with van der Waals surface area (Å²) in [5.74, 6) is -0.0746. The van der Waals surface area contributed by atoms with Crippen LogP contribution in [-0.4, -0.2) is 62.1 Å². The minimum Gasteiger partial charge on any atom is -0.466 e. The van der Waals surface area contributed by atoms with Gasteiger partial charge in [0.05, 0.1) is 13.0 Å². The van der Waals surface area contributed by atoms with Gasteiger partial charge in [0.15, 0.2) is 0 Å². The molecule has 0 bridgehead atoms. The molecule has 0 aromatic rings. The number of piperidine rings is 1. The molecule has 1 aliphatic rings. The topological polar surface area (TPSA) is 32.8 Å². The molecule has 1 heterocycles. The van der Waals surface area contributed by atoms with E-state index in [1.165, 1.54) is 12.8 Å². The molecule has 0 N–H and O–H groups in total. The van der Waals surface area contributed by atoms with Crippen LogP contribution in [0.1, 0.15) is 26.2 Å². The van der Waals surface area contributed by atoms with Gasteiger partial charge in [0, 0.05) is 19.1 Å². The van der Waals surface area contributed by atoms with E-state index in [4.69, 9.17) is 4.74 Å². The molecule has 0 aromatic heterocycles. The Bertz CT molecular complexity index is 219. The van der Waals surface area contributed by atoms with Crippen LogP contribution in [0.25, 0.3) is 0 Å². The van der Waals surface area contributed by atoms with E-state index in [1.54, 1.807) is 0 Å². The Morgan fingerprint density at radius 1 is 1.50 bits per heavy atom. The number of carbonyl (C=O) groups is 1. The lowest BCUT2D eigenvalue weighted by Gasteiger charge is -2.35. The third-order valence-corrected chi connectivity index (χ3v) is 3.15. The van der Waals surface area contributed by atoms with Gasteiger partial charge in [0.25, 0.3) is 0 Å². The molecule has 1 rings (SSSR count). The number of hydrogen-bond donors (Lipinski definition) is 0. The molecule has 0 spiro atoms. The van der Waals surface area contributed by atoms with Gasteiger partial charge in [-0.2, -0.15) is 0 Å². The molecule has 0 aromatic carbocycles. The second-order valence-electron chi connectivity index (χ2n) is 4.62. The van der Waals surface area contributed by atoms with Crippen LogP contribution in [0.3, 0.4) is 0 Å². The minimum atomic E-state index is -0.0746. The summed E-state index contributed by atoms with van der Waals surface area (Å²) in [5, 5.41) is 0. The molecule has 0 radical (unpaired) electrons. The quantitative estimate of drug-likeness (QED) is 0.656. The number of esters is 1. The van der Waals surface area contributed by atoms with E-state index >= 15 is 0 Å². The molecule has 1 saturated heterocycles. The van der Waals surface area contributed by atoms with Crippen LogP contribution in [0.5, 0.6) is 0 Å². The largest absolute Gasteiger partial charge is 0.466 e. The van der Waals surface area contributed by atoms with Crippen LogP contribution in [0.2, 0.25) is 0 Å². The highest BCUT2D eigenvalue weighted by Crippen LogP contribution is 2.13. The monoisotopic (exact) mass is 228 g/mol. The summed E-state index contributed by atoms with van der Waals surface area (Å²) in [6, 6.07) is 0.635. The number of ether oxygens (including phenoxy) is 1. The average Bonchev–Trinajstić information content (AvgIpc) is 2.27. The van der Waals surface area contributed by atoms with Crippen molar-refractivity contribution >= 4 is 5.97 Å². The summed E-state index contributed by atoms with van der Waals surface area (Å²) in [4.78, 5) is 15.9. The molecule has 1 fully saturated rings. The summed E-state index contributed by atoms with van der Waals surface area (Å²) in [6.07, 6.45) is 3.02. The molecule has 0 amide bonds. The average molecular weight is 228 g/mol. The predicted octanol–water partition coefficient (Wildman–Crippen LogP) is 0.966. The Morgan fingerprint density at radius 2 is 2.25 bits per heavy atom. The van der Waals surface area contributed by atoms with Crippen molar-refractivity contribution in [1.29, 1.82) is 0 Å². The van der Waals surface area contributed by atoms with Crippen LogP contribution >= 0.6 is 0 Å². The molecule has 1 aliphatic heterocycles. The first-order valence-corrected chi connectivity index (χ1v) is 6.18. The Hall–Kier alpha value is -0.610. The van der Waals surface area contributed by atoms with Crippen molar-refractivity contribution in [3.8, 4) is 0 Å². The van der Waals surface area contributed by atoms with Crippen molar-refractivity contribution in [3.63, 3.8) is 0 Å². The standard InChI is InChI=1S/C12H24N2O2/c1-4-16-12(15)7-9-14-8-5-6-11(10-14)13(2)3/h11H,4-10H2,1-3H3. The first-order valence-electron chi connectivity index (χ1n) is 6.18. The maximum Gasteiger partial charge on any atom is 0.307 e. The summed E-state index contributed by atoms with van der Waals surface area (Å²) in [7, 11) is 4.25. The van der Waals surface area contributed by atoms with Gasteiger partial charge in [-0.05, 0) is 40.4 Å². The van der Waals surface area contributed by atoms with Gasteiger partial charge in [-0.15, -0.1) is 0 Å². The fourth-order valence-electron chi connectivity index (χ4n) is 2.14. The van der Waals surface area contributed by atoms with Crippen molar-refractivity contribution in [3.05, 3.63) is 0 Å². The van der Waals surface area contributed by atoms with Crippen LogP contribution in [0.15, 0.2) is 0 Å². The minimum absolute atomic E-state index is 0.0746.